The third-order valence-electron chi connectivity index (χ3n) is 3.30. The summed E-state index contributed by atoms with van der Waals surface area (Å²) in [5.41, 5.74) is 1.28. The van der Waals surface area contributed by atoms with Crippen molar-refractivity contribution in [2.24, 2.45) is 0 Å². The van der Waals surface area contributed by atoms with Gasteiger partial charge in [-0.1, -0.05) is 19.1 Å². The molecule has 1 unspecified atom stereocenters. The van der Waals surface area contributed by atoms with Crippen molar-refractivity contribution >= 4 is 32.1 Å². The zero-order valence-corrected chi connectivity index (χ0v) is 13.2. The minimum Gasteiger partial charge on any atom is -0.497 e. The van der Waals surface area contributed by atoms with Crippen LogP contribution in [0.4, 0.5) is 0 Å². The fourth-order valence-corrected chi connectivity index (χ4v) is 4.53. The second kappa shape index (κ2) is 5.95. The standard InChI is InChI=1S/C16H17NOS2/c1-3-17-16(11-4-6-12(18-2)7-5-11)15-10-14-13(20-15)8-9-19-14/h4-10,16-17H,3H2,1-2H3. The van der Waals surface area contributed by atoms with Gasteiger partial charge in [-0.15, -0.1) is 22.7 Å². The molecule has 1 atom stereocenters. The van der Waals surface area contributed by atoms with E-state index in [1.54, 1.807) is 7.11 Å². The summed E-state index contributed by atoms with van der Waals surface area (Å²) in [6.45, 7) is 3.09. The monoisotopic (exact) mass is 303 g/mol. The maximum atomic E-state index is 5.23. The summed E-state index contributed by atoms with van der Waals surface area (Å²) in [5.74, 6) is 0.899. The summed E-state index contributed by atoms with van der Waals surface area (Å²) in [6.07, 6.45) is 0. The van der Waals surface area contributed by atoms with Gasteiger partial charge in [0.15, 0.2) is 0 Å². The first-order valence-electron chi connectivity index (χ1n) is 6.66. The molecule has 0 saturated carbocycles. The average molecular weight is 303 g/mol. The molecule has 0 radical (unpaired) electrons. The van der Waals surface area contributed by atoms with Crippen LogP contribution in [0.2, 0.25) is 0 Å². The van der Waals surface area contributed by atoms with Gasteiger partial charge in [-0.05, 0) is 41.8 Å². The molecule has 0 fully saturated rings. The molecule has 1 N–H and O–H groups in total. The van der Waals surface area contributed by atoms with E-state index in [4.69, 9.17) is 4.74 Å². The topological polar surface area (TPSA) is 21.3 Å². The Kier molecular flexibility index (Phi) is 4.05. The van der Waals surface area contributed by atoms with Crippen LogP contribution in [0.3, 0.4) is 0 Å². The van der Waals surface area contributed by atoms with Crippen LogP contribution in [0, 0.1) is 0 Å². The lowest BCUT2D eigenvalue weighted by molar-refractivity contribution is 0.414. The molecule has 4 heteroatoms. The van der Waals surface area contributed by atoms with E-state index in [9.17, 15) is 0 Å². The number of ether oxygens (including phenoxy) is 1. The van der Waals surface area contributed by atoms with E-state index in [0.717, 1.165) is 12.3 Å². The van der Waals surface area contributed by atoms with Crippen LogP contribution < -0.4 is 10.1 Å². The highest BCUT2D eigenvalue weighted by Gasteiger charge is 2.16. The maximum Gasteiger partial charge on any atom is 0.118 e. The van der Waals surface area contributed by atoms with E-state index in [-0.39, 0.29) is 6.04 Å². The van der Waals surface area contributed by atoms with Gasteiger partial charge < -0.3 is 10.1 Å². The fraction of sp³-hybridized carbons (Fsp3) is 0.250. The van der Waals surface area contributed by atoms with Crippen molar-refractivity contribution in [1.82, 2.24) is 5.32 Å². The smallest absolute Gasteiger partial charge is 0.118 e. The molecule has 20 heavy (non-hydrogen) atoms. The number of thiophene rings is 2. The SMILES string of the molecule is CCNC(c1ccc(OC)cc1)c1cc2sccc2s1. The molecule has 0 spiro atoms. The number of benzene rings is 1. The molecule has 2 nitrogen and oxygen atoms in total. The summed E-state index contributed by atoms with van der Waals surface area (Å²) in [6, 6.07) is 13.1. The van der Waals surface area contributed by atoms with Gasteiger partial charge in [0.25, 0.3) is 0 Å². The quantitative estimate of drug-likeness (QED) is 0.739. The molecule has 0 aliphatic heterocycles. The molecule has 2 heterocycles. The van der Waals surface area contributed by atoms with Gasteiger partial charge >= 0.3 is 0 Å². The third-order valence-corrected chi connectivity index (χ3v) is 5.46. The average Bonchev–Trinajstić information content (AvgIpc) is 3.06. The molecule has 0 aliphatic carbocycles. The van der Waals surface area contributed by atoms with Gasteiger partial charge in [0, 0.05) is 14.3 Å². The van der Waals surface area contributed by atoms with Crippen LogP contribution in [0.15, 0.2) is 41.8 Å². The van der Waals surface area contributed by atoms with E-state index in [0.29, 0.717) is 0 Å². The molecule has 2 aromatic heterocycles. The van der Waals surface area contributed by atoms with E-state index in [2.05, 4.69) is 41.9 Å². The molecule has 0 amide bonds. The Hall–Kier alpha value is -1.36. The Bertz CT molecular complexity index is 655. The Morgan fingerprint density at radius 2 is 1.95 bits per heavy atom. The zero-order chi connectivity index (χ0) is 13.9. The van der Waals surface area contributed by atoms with E-state index < -0.39 is 0 Å². The second-order valence-electron chi connectivity index (χ2n) is 4.56. The minimum absolute atomic E-state index is 0.260. The molecule has 104 valence electrons. The summed E-state index contributed by atoms with van der Waals surface area (Å²) >= 11 is 3.68. The number of nitrogens with one attached hydrogen (secondary N) is 1. The Morgan fingerprint density at radius 1 is 1.15 bits per heavy atom. The molecule has 0 saturated heterocycles. The molecular formula is C16H17NOS2. The molecule has 0 bridgehead atoms. The summed E-state index contributed by atoms with van der Waals surface area (Å²) < 4.78 is 7.99. The second-order valence-corrected chi connectivity index (χ2v) is 6.62. The van der Waals surface area contributed by atoms with Gasteiger partial charge in [-0.3, -0.25) is 0 Å². The highest BCUT2D eigenvalue weighted by atomic mass is 32.1. The van der Waals surface area contributed by atoms with Crippen molar-refractivity contribution in [3.05, 3.63) is 52.2 Å². The van der Waals surface area contributed by atoms with Crippen LogP contribution >= 0.6 is 22.7 Å². The number of hydrogen-bond donors (Lipinski definition) is 1. The fourth-order valence-electron chi connectivity index (χ4n) is 2.31. The highest BCUT2D eigenvalue weighted by Crippen LogP contribution is 2.36. The molecular weight excluding hydrogens is 286 g/mol. The van der Waals surface area contributed by atoms with Gasteiger partial charge in [0.05, 0.1) is 13.2 Å². The van der Waals surface area contributed by atoms with Crippen molar-refractivity contribution in [2.75, 3.05) is 13.7 Å². The van der Waals surface area contributed by atoms with E-state index in [1.165, 1.54) is 19.8 Å². The van der Waals surface area contributed by atoms with Crippen molar-refractivity contribution in [1.29, 1.82) is 0 Å². The predicted molar refractivity (Wildman–Crippen MR) is 88.2 cm³/mol. The van der Waals surface area contributed by atoms with Gasteiger partial charge in [-0.2, -0.15) is 0 Å². The maximum absolute atomic E-state index is 5.23. The first kappa shape index (κ1) is 13.6. The molecule has 3 aromatic rings. The molecule has 1 aromatic carbocycles. The van der Waals surface area contributed by atoms with Crippen LogP contribution in [0.1, 0.15) is 23.4 Å². The summed E-state index contributed by atoms with van der Waals surface area (Å²) in [4.78, 5) is 1.37. The molecule has 0 aliphatic rings. The Labute approximate surface area is 127 Å². The lowest BCUT2D eigenvalue weighted by Crippen LogP contribution is -2.20. The predicted octanol–water partition coefficient (Wildman–Crippen LogP) is 4.67. The highest BCUT2D eigenvalue weighted by molar-refractivity contribution is 7.27. The van der Waals surface area contributed by atoms with Gasteiger partial charge in [0.1, 0.15) is 5.75 Å². The lowest BCUT2D eigenvalue weighted by Gasteiger charge is -2.17. The lowest BCUT2D eigenvalue weighted by atomic mass is 10.1. The van der Waals surface area contributed by atoms with Gasteiger partial charge in [0.2, 0.25) is 0 Å². The van der Waals surface area contributed by atoms with Crippen molar-refractivity contribution in [2.45, 2.75) is 13.0 Å². The Morgan fingerprint density at radius 3 is 2.60 bits per heavy atom. The third kappa shape index (κ3) is 2.59. The Balaban J connectivity index is 1.96. The zero-order valence-electron chi connectivity index (χ0n) is 11.6. The van der Waals surface area contributed by atoms with Crippen LogP contribution in [-0.2, 0) is 0 Å². The van der Waals surface area contributed by atoms with E-state index in [1.807, 2.05) is 34.8 Å². The van der Waals surface area contributed by atoms with Gasteiger partial charge in [-0.25, -0.2) is 0 Å². The van der Waals surface area contributed by atoms with Crippen LogP contribution in [-0.4, -0.2) is 13.7 Å². The number of hydrogen-bond acceptors (Lipinski definition) is 4. The number of methoxy groups -OCH3 is 1. The van der Waals surface area contributed by atoms with Crippen molar-refractivity contribution in [3.8, 4) is 5.75 Å². The minimum atomic E-state index is 0.260. The first-order valence-corrected chi connectivity index (χ1v) is 8.35. The van der Waals surface area contributed by atoms with Crippen molar-refractivity contribution < 1.29 is 4.74 Å². The largest absolute Gasteiger partial charge is 0.497 e. The van der Waals surface area contributed by atoms with E-state index >= 15 is 0 Å². The first-order chi connectivity index (χ1) is 9.81. The number of fused-ring (bicyclic) bond motifs is 1. The molecule has 3 rings (SSSR count). The van der Waals surface area contributed by atoms with Crippen LogP contribution in [0.5, 0.6) is 5.75 Å². The van der Waals surface area contributed by atoms with Crippen molar-refractivity contribution in [3.63, 3.8) is 0 Å². The summed E-state index contributed by atoms with van der Waals surface area (Å²) in [7, 11) is 1.70. The normalized spacial score (nSPS) is 12.7. The van der Waals surface area contributed by atoms with Crippen LogP contribution in [0.25, 0.3) is 9.40 Å². The number of rotatable bonds is 5. The summed E-state index contributed by atoms with van der Waals surface area (Å²) in [5, 5.41) is 5.73.